The number of unbranched alkanes of at least 4 members (excludes halogenated alkanes) is 41. The zero-order valence-electron chi connectivity index (χ0n) is 53.2. The smallest absolute Gasteiger partial charge is 0.306 e. The van der Waals surface area contributed by atoms with E-state index in [1.165, 1.54) is 238 Å². The Morgan fingerprint density at radius 3 is 1.16 bits per heavy atom. The van der Waals surface area contributed by atoms with Crippen LogP contribution >= 0.6 is 0 Å². The van der Waals surface area contributed by atoms with Gasteiger partial charge in [-0.15, -0.1) is 0 Å². The zero-order valence-corrected chi connectivity index (χ0v) is 53.2. The zero-order chi connectivity index (χ0) is 60.1. The molecule has 2 heterocycles. The lowest BCUT2D eigenvalue weighted by molar-refractivity contribution is -0.332. The minimum Gasteiger partial charge on any atom is -0.457 e. The lowest BCUT2D eigenvalue weighted by atomic mass is 9.98. The highest BCUT2D eigenvalue weighted by Crippen LogP contribution is 2.27. The van der Waals surface area contributed by atoms with Gasteiger partial charge in [0.05, 0.1) is 26.4 Å². The molecule has 0 aromatic rings. The Morgan fingerprint density at radius 2 is 0.747 bits per heavy atom. The summed E-state index contributed by atoms with van der Waals surface area (Å²) in [6.45, 7) is 3.76. The summed E-state index contributed by atoms with van der Waals surface area (Å²) in [6.07, 6.45) is 51.1. The minimum absolute atomic E-state index is 0.0660. The van der Waals surface area contributed by atoms with Crippen molar-refractivity contribution in [3.63, 3.8) is 0 Å². The van der Waals surface area contributed by atoms with E-state index in [9.17, 15) is 40.5 Å². The van der Waals surface area contributed by atoms with Crippen molar-refractivity contribution in [1.29, 1.82) is 0 Å². The molecular formula is C69H130O14. The molecule has 0 aromatic carbocycles. The molecule has 0 radical (unpaired) electrons. The summed E-state index contributed by atoms with van der Waals surface area (Å²) in [5.41, 5.74) is 0. The first-order valence-electron chi connectivity index (χ1n) is 34.9. The molecule has 7 N–H and O–H groups in total. The van der Waals surface area contributed by atoms with Crippen molar-refractivity contribution in [3.8, 4) is 0 Å². The average molecular weight is 1180 g/mol. The molecule has 2 rings (SSSR count). The van der Waals surface area contributed by atoms with Crippen LogP contribution in [0, 0.1) is 0 Å². The van der Waals surface area contributed by atoms with Gasteiger partial charge in [0.1, 0.15) is 54.9 Å². The van der Waals surface area contributed by atoms with Crippen molar-refractivity contribution in [3.05, 3.63) is 24.3 Å². The molecule has 0 amide bonds. The van der Waals surface area contributed by atoms with Crippen LogP contribution in [0.25, 0.3) is 0 Å². The SMILES string of the molecule is CCCCCCC/C=C\C/C=C\CCCCCCCCCCCCCCOCC(COC1OC(COC2OC(CO)C(O)C(O)C2O)C(O)C(O)C1O)OC(=O)CCCCCCCCCCCCCCCCCCCCCCCCCCC. The summed E-state index contributed by atoms with van der Waals surface area (Å²) >= 11 is 0. The van der Waals surface area contributed by atoms with E-state index in [1.54, 1.807) is 0 Å². The topological polar surface area (TPSA) is 214 Å². The first-order chi connectivity index (χ1) is 40.6. The van der Waals surface area contributed by atoms with Crippen LogP contribution in [0.1, 0.15) is 309 Å². The second kappa shape index (κ2) is 55.8. The van der Waals surface area contributed by atoms with Crippen LogP contribution in [-0.2, 0) is 33.2 Å². The van der Waals surface area contributed by atoms with Crippen LogP contribution < -0.4 is 0 Å². The Kier molecular flexibility index (Phi) is 52.1. The van der Waals surface area contributed by atoms with Gasteiger partial charge in [-0.25, -0.2) is 0 Å². The van der Waals surface area contributed by atoms with E-state index in [-0.39, 0.29) is 25.6 Å². The molecule has 0 saturated carbocycles. The average Bonchev–Trinajstić information content (AvgIpc) is 3.67. The summed E-state index contributed by atoms with van der Waals surface area (Å²) in [7, 11) is 0. The largest absolute Gasteiger partial charge is 0.457 e. The fourth-order valence-corrected chi connectivity index (χ4v) is 11.4. The maximum absolute atomic E-state index is 13.2. The molecule has 2 aliphatic rings. The molecule has 0 spiro atoms. The summed E-state index contributed by atoms with van der Waals surface area (Å²) in [5.74, 6) is -0.368. The van der Waals surface area contributed by atoms with E-state index in [0.717, 1.165) is 44.9 Å². The van der Waals surface area contributed by atoms with E-state index in [4.69, 9.17) is 28.4 Å². The van der Waals surface area contributed by atoms with E-state index < -0.39 is 80.7 Å². The Labute approximate surface area is 507 Å². The van der Waals surface area contributed by atoms with Gasteiger partial charge in [0.15, 0.2) is 12.6 Å². The number of aliphatic hydroxyl groups is 7. The molecule has 0 bridgehead atoms. The molecule has 0 aromatic heterocycles. The number of ether oxygens (including phenoxy) is 6. The molecule has 0 aliphatic carbocycles. The summed E-state index contributed by atoms with van der Waals surface area (Å²) in [5, 5.41) is 72.6. The Hall–Kier alpha value is -1.53. The van der Waals surface area contributed by atoms with Crippen LogP contribution in [0.5, 0.6) is 0 Å². The van der Waals surface area contributed by atoms with Crippen molar-refractivity contribution < 1.29 is 69.0 Å². The maximum Gasteiger partial charge on any atom is 0.306 e. The normalized spacial score (nSPS) is 23.5. The van der Waals surface area contributed by atoms with E-state index >= 15 is 0 Å². The first kappa shape index (κ1) is 77.6. The Morgan fingerprint density at radius 1 is 0.398 bits per heavy atom. The van der Waals surface area contributed by atoms with Crippen molar-refractivity contribution in [1.82, 2.24) is 0 Å². The Bertz CT molecular complexity index is 1470. The minimum atomic E-state index is -1.71. The fraction of sp³-hybridized carbons (Fsp3) is 0.928. The second-order valence-corrected chi connectivity index (χ2v) is 24.7. The molecule has 2 saturated heterocycles. The van der Waals surface area contributed by atoms with Crippen LogP contribution in [-0.4, -0.2) is 142 Å². The molecule has 14 heteroatoms. The third-order valence-electron chi connectivity index (χ3n) is 17.0. The van der Waals surface area contributed by atoms with Gasteiger partial charge in [0, 0.05) is 13.0 Å². The number of rotatable bonds is 59. The van der Waals surface area contributed by atoms with Gasteiger partial charge < -0.3 is 64.2 Å². The van der Waals surface area contributed by atoms with E-state index in [2.05, 4.69) is 38.2 Å². The first-order valence-corrected chi connectivity index (χ1v) is 34.9. The number of hydrogen-bond donors (Lipinski definition) is 7. The number of allylic oxidation sites excluding steroid dienone is 4. The van der Waals surface area contributed by atoms with Crippen LogP contribution in [0.4, 0.5) is 0 Å². The molecule has 11 atom stereocenters. The van der Waals surface area contributed by atoms with Crippen LogP contribution in [0.15, 0.2) is 24.3 Å². The van der Waals surface area contributed by atoms with Gasteiger partial charge in [-0.3, -0.25) is 4.79 Å². The molecular weight excluding hydrogens is 1050 g/mol. The summed E-state index contributed by atoms with van der Waals surface area (Å²) < 4.78 is 34.6. The highest BCUT2D eigenvalue weighted by atomic mass is 16.7. The number of carbonyl (C=O) groups excluding carboxylic acids is 1. The molecule has 83 heavy (non-hydrogen) atoms. The molecule has 490 valence electrons. The third kappa shape index (κ3) is 41.3. The van der Waals surface area contributed by atoms with Crippen molar-refractivity contribution in [2.24, 2.45) is 0 Å². The van der Waals surface area contributed by atoms with Gasteiger partial charge in [-0.1, -0.05) is 282 Å². The maximum atomic E-state index is 13.2. The number of hydrogen-bond acceptors (Lipinski definition) is 14. The van der Waals surface area contributed by atoms with Gasteiger partial charge in [-0.2, -0.15) is 0 Å². The van der Waals surface area contributed by atoms with Crippen LogP contribution in [0.3, 0.4) is 0 Å². The number of carbonyl (C=O) groups is 1. The molecule has 14 nitrogen and oxygen atoms in total. The monoisotopic (exact) mass is 1180 g/mol. The Balaban J connectivity index is 1.63. The summed E-state index contributed by atoms with van der Waals surface area (Å²) in [6, 6.07) is 0. The van der Waals surface area contributed by atoms with Gasteiger partial charge in [0.25, 0.3) is 0 Å². The summed E-state index contributed by atoms with van der Waals surface area (Å²) in [4.78, 5) is 13.2. The lowest BCUT2D eigenvalue weighted by Gasteiger charge is -2.42. The van der Waals surface area contributed by atoms with Gasteiger partial charge in [-0.05, 0) is 44.9 Å². The standard InChI is InChI=1S/C69H130O14/c1-3-5-7-9-11-13-15-17-19-21-23-25-27-29-30-32-34-36-38-40-42-44-46-48-50-52-61(71)81-58(56-79-68-67(77)65(75)63(73)60(83-68)57-80-69-66(76)64(74)62(72)59(54-70)82-69)55-78-53-51-49-47-45-43-41-39-37-35-33-31-28-26-24-22-20-18-16-14-12-10-8-6-4-2/h16,18,22,24,58-60,62-70,72-77H,3-15,17,19-21,23,25-57H2,1-2H3/b18-16-,24-22-. The van der Waals surface area contributed by atoms with Crippen molar-refractivity contribution >= 4 is 5.97 Å². The highest BCUT2D eigenvalue weighted by molar-refractivity contribution is 5.69. The number of aliphatic hydroxyl groups excluding tert-OH is 7. The van der Waals surface area contributed by atoms with Crippen molar-refractivity contribution in [2.45, 2.75) is 377 Å². The fourth-order valence-electron chi connectivity index (χ4n) is 11.4. The third-order valence-corrected chi connectivity index (χ3v) is 17.0. The highest BCUT2D eigenvalue weighted by Gasteiger charge is 2.47. The molecule has 2 fully saturated rings. The predicted octanol–water partition coefficient (Wildman–Crippen LogP) is 14.7. The molecule has 11 unspecified atom stereocenters. The van der Waals surface area contributed by atoms with Crippen LogP contribution in [0.2, 0.25) is 0 Å². The lowest BCUT2D eigenvalue weighted by Crippen LogP contribution is -2.61. The van der Waals surface area contributed by atoms with Gasteiger partial charge in [0.2, 0.25) is 0 Å². The van der Waals surface area contributed by atoms with E-state index in [0.29, 0.717) is 13.0 Å². The van der Waals surface area contributed by atoms with Gasteiger partial charge >= 0.3 is 5.97 Å². The van der Waals surface area contributed by atoms with Crippen molar-refractivity contribution in [2.75, 3.05) is 33.0 Å². The van der Waals surface area contributed by atoms with E-state index in [1.807, 2.05) is 0 Å². The molecule has 2 aliphatic heterocycles. The predicted molar refractivity (Wildman–Crippen MR) is 335 cm³/mol. The quantitative estimate of drug-likeness (QED) is 0.0171. The number of esters is 1. The second-order valence-electron chi connectivity index (χ2n) is 24.7.